The number of carbonyl (C=O) groups is 1. The number of aromatic nitrogens is 1. The van der Waals surface area contributed by atoms with Gasteiger partial charge in [-0.15, -0.1) is 0 Å². The minimum Gasteiger partial charge on any atom is -0.506 e. The largest absolute Gasteiger partial charge is 0.506 e. The van der Waals surface area contributed by atoms with Crippen molar-refractivity contribution in [3.63, 3.8) is 0 Å². The number of nitrogens with one attached hydrogen (secondary N) is 1. The van der Waals surface area contributed by atoms with Crippen LogP contribution in [0.1, 0.15) is 41.1 Å². The molecule has 2 N–H and O–H groups in total. The average Bonchev–Trinajstić information content (AvgIpc) is 2.47. The van der Waals surface area contributed by atoms with Crippen LogP contribution in [0.5, 0.6) is 5.75 Å². The summed E-state index contributed by atoms with van der Waals surface area (Å²) < 4.78 is 0. The lowest BCUT2D eigenvalue weighted by molar-refractivity contribution is 0.0934. The smallest absolute Gasteiger partial charge is 0.251 e. The number of amides is 1. The Hall–Kier alpha value is -2.07. The number of phenolic OH excluding ortho intramolecular Hbond substituents is 1. The third-order valence-electron chi connectivity index (χ3n) is 3.19. The predicted molar refractivity (Wildman–Crippen MR) is 82.6 cm³/mol. The molecule has 0 unspecified atom stereocenters. The Morgan fingerprint density at radius 1 is 1.38 bits per heavy atom. The van der Waals surface area contributed by atoms with E-state index in [0.29, 0.717) is 5.56 Å². The first-order valence-corrected chi connectivity index (χ1v) is 7.12. The maximum atomic E-state index is 12.3. The van der Waals surface area contributed by atoms with Gasteiger partial charge in [-0.2, -0.15) is 0 Å². The van der Waals surface area contributed by atoms with Gasteiger partial charge in [-0.1, -0.05) is 24.6 Å². The van der Waals surface area contributed by atoms with E-state index in [1.807, 2.05) is 32.0 Å². The van der Waals surface area contributed by atoms with Gasteiger partial charge in [-0.25, -0.2) is 0 Å². The molecule has 5 heteroatoms. The molecule has 0 aliphatic carbocycles. The van der Waals surface area contributed by atoms with Gasteiger partial charge in [0.1, 0.15) is 5.75 Å². The number of nitrogens with zero attached hydrogens (tertiary/aromatic N) is 1. The van der Waals surface area contributed by atoms with Crippen LogP contribution in [-0.2, 0) is 0 Å². The van der Waals surface area contributed by atoms with Crippen molar-refractivity contribution in [3.05, 3.63) is 58.4 Å². The Morgan fingerprint density at radius 3 is 2.76 bits per heavy atom. The summed E-state index contributed by atoms with van der Waals surface area (Å²) in [5, 5.41) is 12.5. The van der Waals surface area contributed by atoms with Crippen LogP contribution >= 0.6 is 11.6 Å². The van der Waals surface area contributed by atoms with Gasteiger partial charge < -0.3 is 10.4 Å². The van der Waals surface area contributed by atoms with Crippen LogP contribution in [0.15, 0.2) is 36.4 Å². The molecule has 21 heavy (non-hydrogen) atoms. The molecule has 0 radical (unpaired) electrons. The number of benzene rings is 1. The molecule has 1 aromatic carbocycles. The zero-order valence-corrected chi connectivity index (χ0v) is 12.7. The van der Waals surface area contributed by atoms with Crippen LogP contribution in [0, 0.1) is 6.92 Å². The van der Waals surface area contributed by atoms with Crippen molar-refractivity contribution in [1.29, 1.82) is 0 Å². The molecular weight excluding hydrogens is 288 g/mol. The van der Waals surface area contributed by atoms with Crippen molar-refractivity contribution in [3.8, 4) is 5.75 Å². The Morgan fingerprint density at radius 2 is 2.14 bits per heavy atom. The van der Waals surface area contributed by atoms with E-state index in [1.165, 1.54) is 18.2 Å². The lowest BCUT2D eigenvalue weighted by Crippen LogP contribution is -2.28. The summed E-state index contributed by atoms with van der Waals surface area (Å²) in [6.45, 7) is 3.90. The van der Waals surface area contributed by atoms with Crippen LogP contribution < -0.4 is 5.32 Å². The summed E-state index contributed by atoms with van der Waals surface area (Å²) in [7, 11) is 0. The number of hydrogen-bond acceptors (Lipinski definition) is 3. The molecular formula is C16H17ClN2O2. The first-order valence-electron chi connectivity index (χ1n) is 6.74. The lowest BCUT2D eigenvalue weighted by atomic mass is 10.1. The molecule has 0 spiro atoms. The minimum absolute atomic E-state index is 0.0411. The summed E-state index contributed by atoms with van der Waals surface area (Å²) in [6, 6.07) is 9.95. The van der Waals surface area contributed by atoms with Crippen LogP contribution in [0.25, 0.3) is 0 Å². The molecule has 1 heterocycles. The maximum absolute atomic E-state index is 12.3. The second kappa shape index (κ2) is 6.59. The third kappa shape index (κ3) is 3.73. The van der Waals surface area contributed by atoms with Gasteiger partial charge in [-0.05, 0) is 43.7 Å². The standard InChI is InChI=1S/C16H17ClN2O2/c1-3-13(14-6-4-5-10(2)18-14)19-16(21)11-7-8-15(20)12(17)9-11/h4-9,13,20H,3H2,1-2H3,(H,19,21)/t13-/m1/s1. The zero-order valence-electron chi connectivity index (χ0n) is 11.9. The highest BCUT2D eigenvalue weighted by Gasteiger charge is 2.16. The maximum Gasteiger partial charge on any atom is 0.251 e. The lowest BCUT2D eigenvalue weighted by Gasteiger charge is -2.17. The fourth-order valence-corrected chi connectivity index (χ4v) is 2.21. The summed E-state index contributed by atoms with van der Waals surface area (Å²) in [4.78, 5) is 16.7. The van der Waals surface area contributed by atoms with E-state index in [9.17, 15) is 9.90 Å². The number of hydrogen-bond donors (Lipinski definition) is 2. The molecule has 1 atom stereocenters. The number of halogens is 1. The number of carbonyl (C=O) groups excluding carboxylic acids is 1. The highest BCUT2D eigenvalue weighted by Crippen LogP contribution is 2.24. The van der Waals surface area contributed by atoms with E-state index in [0.717, 1.165) is 17.8 Å². The highest BCUT2D eigenvalue weighted by atomic mass is 35.5. The SMILES string of the molecule is CC[C@@H](NC(=O)c1ccc(O)c(Cl)c1)c1cccc(C)n1. The molecule has 0 fully saturated rings. The quantitative estimate of drug-likeness (QED) is 0.906. The molecule has 0 aliphatic rings. The number of aryl methyl sites for hydroxylation is 1. The van der Waals surface area contributed by atoms with Crippen LogP contribution in [-0.4, -0.2) is 16.0 Å². The monoisotopic (exact) mass is 304 g/mol. The highest BCUT2D eigenvalue weighted by molar-refractivity contribution is 6.32. The Balaban J connectivity index is 2.18. The van der Waals surface area contributed by atoms with Crippen LogP contribution in [0.3, 0.4) is 0 Å². The molecule has 0 bridgehead atoms. The van der Waals surface area contributed by atoms with Gasteiger partial charge in [-0.3, -0.25) is 9.78 Å². The average molecular weight is 305 g/mol. The van der Waals surface area contributed by atoms with Crippen molar-refractivity contribution in [2.45, 2.75) is 26.3 Å². The molecule has 1 amide bonds. The van der Waals surface area contributed by atoms with E-state index in [2.05, 4.69) is 10.3 Å². The van der Waals surface area contributed by atoms with Gasteiger partial charge in [0.05, 0.1) is 16.8 Å². The first kappa shape index (κ1) is 15.3. The molecule has 110 valence electrons. The Bertz CT molecular complexity index is 658. The van der Waals surface area contributed by atoms with Crippen molar-refractivity contribution >= 4 is 17.5 Å². The second-order valence-electron chi connectivity index (χ2n) is 4.80. The van der Waals surface area contributed by atoms with Gasteiger partial charge in [0.2, 0.25) is 0 Å². The van der Waals surface area contributed by atoms with E-state index in [1.54, 1.807) is 0 Å². The molecule has 2 rings (SSSR count). The van der Waals surface area contributed by atoms with Gasteiger partial charge in [0.15, 0.2) is 0 Å². The number of aromatic hydroxyl groups is 1. The molecule has 1 aromatic heterocycles. The molecule has 2 aromatic rings. The van der Waals surface area contributed by atoms with Crippen LogP contribution in [0.2, 0.25) is 5.02 Å². The van der Waals surface area contributed by atoms with Gasteiger partial charge >= 0.3 is 0 Å². The van der Waals surface area contributed by atoms with Crippen molar-refractivity contribution in [2.75, 3.05) is 0 Å². The number of rotatable bonds is 4. The Labute approximate surface area is 128 Å². The predicted octanol–water partition coefficient (Wildman–Crippen LogP) is 3.63. The summed E-state index contributed by atoms with van der Waals surface area (Å²) in [5.41, 5.74) is 2.15. The number of pyridine rings is 1. The molecule has 4 nitrogen and oxygen atoms in total. The fourth-order valence-electron chi connectivity index (χ4n) is 2.03. The zero-order chi connectivity index (χ0) is 15.4. The van der Waals surface area contributed by atoms with Gasteiger partial charge in [0, 0.05) is 11.3 Å². The molecule has 0 saturated carbocycles. The summed E-state index contributed by atoms with van der Waals surface area (Å²) >= 11 is 5.82. The van der Waals surface area contributed by atoms with Crippen molar-refractivity contribution < 1.29 is 9.90 Å². The topological polar surface area (TPSA) is 62.2 Å². The van der Waals surface area contributed by atoms with E-state index < -0.39 is 0 Å². The second-order valence-corrected chi connectivity index (χ2v) is 5.21. The van der Waals surface area contributed by atoms with Crippen molar-refractivity contribution in [1.82, 2.24) is 10.3 Å². The summed E-state index contributed by atoms with van der Waals surface area (Å²) in [6.07, 6.45) is 0.730. The van der Waals surface area contributed by atoms with E-state index in [4.69, 9.17) is 11.6 Å². The van der Waals surface area contributed by atoms with Gasteiger partial charge in [0.25, 0.3) is 5.91 Å². The molecule has 0 saturated heterocycles. The first-order chi connectivity index (χ1) is 10.0. The molecule has 0 aliphatic heterocycles. The van der Waals surface area contributed by atoms with E-state index in [-0.39, 0.29) is 22.7 Å². The Kier molecular flexibility index (Phi) is 4.81. The minimum atomic E-state index is -0.243. The normalized spacial score (nSPS) is 12.0. The van der Waals surface area contributed by atoms with Crippen LogP contribution in [0.4, 0.5) is 0 Å². The van der Waals surface area contributed by atoms with Crippen molar-refractivity contribution in [2.24, 2.45) is 0 Å². The summed E-state index contributed by atoms with van der Waals surface area (Å²) in [5.74, 6) is -0.285. The fraction of sp³-hybridized carbons (Fsp3) is 0.250. The van der Waals surface area contributed by atoms with E-state index >= 15 is 0 Å². The third-order valence-corrected chi connectivity index (χ3v) is 3.49. The number of phenols is 1.